The molecule has 1 rings (SSSR count). The number of halogens is 1. The van der Waals surface area contributed by atoms with Gasteiger partial charge < -0.3 is 15.9 Å². The van der Waals surface area contributed by atoms with E-state index in [-0.39, 0.29) is 23.9 Å². The van der Waals surface area contributed by atoms with E-state index >= 15 is 0 Å². The molecule has 1 aromatic carbocycles. The highest BCUT2D eigenvalue weighted by molar-refractivity contribution is 6.02. The Bertz CT molecular complexity index is 641. The molecule has 0 fully saturated rings. The Morgan fingerprint density at radius 1 is 1.45 bits per heavy atom. The first-order chi connectivity index (χ1) is 10.5. The van der Waals surface area contributed by atoms with Gasteiger partial charge in [0.25, 0.3) is 0 Å². The van der Waals surface area contributed by atoms with Crippen molar-refractivity contribution in [3.05, 3.63) is 65.5 Å². The predicted octanol–water partition coefficient (Wildman–Crippen LogP) is 3.81. The summed E-state index contributed by atoms with van der Waals surface area (Å²) in [5.41, 5.74) is 7.23. The highest BCUT2D eigenvalue weighted by Gasteiger charge is 2.06. The molecule has 0 aliphatic carbocycles. The Balaban J connectivity index is 2.74. The van der Waals surface area contributed by atoms with Crippen molar-refractivity contribution in [3.63, 3.8) is 0 Å². The lowest BCUT2D eigenvalue weighted by Gasteiger charge is -2.09. The summed E-state index contributed by atoms with van der Waals surface area (Å²) in [6.07, 6.45) is 4.26. The molecule has 0 aliphatic heterocycles. The Kier molecular flexibility index (Phi) is 6.76. The molecule has 0 saturated heterocycles. The van der Waals surface area contributed by atoms with Crippen LogP contribution in [0, 0.1) is 5.41 Å². The van der Waals surface area contributed by atoms with Crippen LogP contribution in [-0.2, 0) is 4.74 Å². The van der Waals surface area contributed by atoms with Crippen molar-refractivity contribution in [1.29, 1.82) is 5.41 Å². The normalized spacial score (nSPS) is 13.0. The second-order valence-electron chi connectivity index (χ2n) is 4.47. The molecule has 0 saturated carbocycles. The summed E-state index contributed by atoms with van der Waals surface area (Å²) in [6, 6.07) is 7.41. The van der Waals surface area contributed by atoms with Crippen LogP contribution in [0.3, 0.4) is 0 Å². The van der Waals surface area contributed by atoms with E-state index in [9.17, 15) is 4.39 Å². The van der Waals surface area contributed by atoms with Crippen LogP contribution < -0.4 is 5.73 Å². The van der Waals surface area contributed by atoms with Crippen molar-refractivity contribution in [2.45, 2.75) is 13.8 Å². The third-order valence-electron chi connectivity index (χ3n) is 2.80. The van der Waals surface area contributed by atoms with Gasteiger partial charge in [0.2, 0.25) is 5.88 Å². The minimum atomic E-state index is -0.616. The van der Waals surface area contributed by atoms with Gasteiger partial charge in [-0.25, -0.2) is 9.38 Å². The Hall–Kier alpha value is -2.69. The topological polar surface area (TPSA) is 71.5 Å². The van der Waals surface area contributed by atoms with Crippen LogP contribution in [0.4, 0.5) is 4.39 Å². The van der Waals surface area contributed by atoms with E-state index in [0.29, 0.717) is 0 Å². The van der Waals surface area contributed by atoms with Gasteiger partial charge in [-0.05, 0) is 25.5 Å². The Morgan fingerprint density at radius 3 is 2.73 bits per heavy atom. The zero-order valence-electron chi connectivity index (χ0n) is 12.8. The quantitative estimate of drug-likeness (QED) is 0.594. The Morgan fingerprint density at radius 2 is 2.14 bits per heavy atom. The van der Waals surface area contributed by atoms with E-state index in [0.717, 1.165) is 17.3 Å². The molecule has 0 unspecified atom stereocenters. The molecule has 0 aliphatic rings. The monoisotopic (exact) mass is 301 g/mol. The van der Waals surface area contributed by atoms with Crippen molar-refractivity contribution in [2.24, 2.45) is 10.7 Å². The summed E-state index contributed by atoms with van der Waals surface area (Å²) in [5.74, 6) is -0.396. The van der Waals surface area contributed by atoms with Crippen molar-refractivity contribution in [1.82, 2.24) is 0 Å². The number of nitrogens with one attached hydrogen (secondary N) is 1. The van der Waals surface area contributed by atoms with Gasteiger partial charge in [0, 0.05) is 11.3 Å². The maximum Gasteiger partial charge on any atom is 0.209 e. The first kappa shape index (κ1) is 17.4. The summed E-state index contributed by atoms with van der Waals surface area (Å²) in [5, 5.41) is 8.07. The van der Waals surface area contributed by atoms with E-state index in [2.05, 4.69) is 11.6 Å². The molecule has 3 N–H and O–H groups in total. The van der Waals surface area contributed by atoms with Gasteiger partial charge in [-0.2, -0.15) is 0 Å². The standard InChI is InChI=1S/C17H20FN3O/c1-4-13-8-6-7-9-14(13)16(20)11-22-17(5-2)21-10-15(18)12(3)19/h4-10,20H,1,11,19H2,2-3H3/b15-12-,17-5-,20-16?,21-10+. The fourth-order valence-electron chi connectivity index (χ4n) is 1.59. The fourth-order valence-corrected chi connectivity index (χ4v) is 1.59. The first-order valence-electron chi connectivity index (χ1n) is 6.73. The second kappa shape index (κ2) is 8.56. The number of benzene rings is 1. The summed E-state index contributed by atoms with van der Waals surface area (Å²) in [7, 11) is 0. The number of ether oxygens (including phenoxy) is 1. The second-order valence-corrected chi connectivity index (χ2v) is 4.47. The summed E-state index contributed by atoms with van der Waals surface area (Å²) in [6.45, 7) is 6.90. The number of rotatable bonds is 7. The molecule has 116 valence electrons. The molecule has 0 heterocycles. The third kappa shape index (κ3) is 5.01. The molecule has 0 radical (unpaired) electrons. The van der Waals surface area contributed by atoms with Crippen LogP contribution in [0.1, 0.15) is 25.0 Å². The van der Waals surface area contributed by atoms with Crippen LogP contribution in [0.25, 0.3) is 6.08 Å². The zero-order chi connectivity index (χ0) is 16.5. The van der Waals surface area contributed by atoms with Gasteiger partial charge in [-0.1, -0.05) is 36.9 Å². The van der Waals surface area contributed by atoms with E-state index < -0.39 is 5.83 Å². The van der Waals surface area contributed by atoms with Crippen LogP contribution in [-0.4, -0.2) is 18.5 Å². The summed E-state index contributed by atoms with van der Waals surface area (Å²) in [4.78, 5) is 3.86. The van der Waals surface area contributed by atoms with Crippen LogP contribution in [0.15, 0.2) is 59.3 Å². The molecule has 0 spiro atoms. The molecular formula is C17H20FN3O. The van der Waals surface area contributed by atoms with Gasteiger partial charge in [-0.15, -0.1) is 0 Å². The van der Waals surface area contributed by atoms with Gasteiger partial charge in [0.05, 0.1) is 11.9 Å². The summed E-state index contributed by atoms with van der Waals surface area (Å²) >= 11 is 0. The van der Waals surface area contributed by atoms with E-state index in [4.69, 9.17) is 15.9 Å². The lowest BCUT2D eigenvalue weighted by Crippen LogP contribution is -2.10. The molecule has 4 nitrogen and oxygen atoms in total. The average molecular weight is 301 g/mol. The molecular weight excluding hydrogens is 281 g/mol. The number of hydrogen-bond acceptors (Lipinski definition) is 4. The smallest absolute Gasteiger partial charge is 0.209 e. The molecule has 1 aromatic rings. The molecule has 5 heteroatoms. The van der Waals surface area contributed by atoms with Gasteiger partial charge >= 0.3 is 0 Å². The number of hydrogen-bond donors (Lipinski definition) is 2. The lowest BCUT2D eigenvalue weighted by molar-refractivity contribution is 0.256. The highest BCUT2D eigenvalue weighted by Crippen LogP contribution is 2.12. The van der Waals surface area contributed by atoms with Gasteiger partial charge in [0.15, 0.2) is 5.83 Å². The van der Waals surface area contributed by atoms with Crippen LogP contribution in [0.2, 0.25) is 0 Å². The average Bonchev–Trinajstić information content (AvgIpc) is 2.54. The minimum absolute atomic E-state index is 0.0226. The van der Waals surface area contributed by atoms with Crippen molar-refractivity contribution < 1.29 is 9.13 Å². The molecule has 0 aromatic heterocycles. The van der Waals surface area contributed by atoms with E-state index in [1.807, 2.05) is 24.3 Å². The highest BCUT2D eigenvalue weighted by atomic mass is 19.1. The van der Waals surface area contributed by atoms with Crippen LogP contribution >= 0.6 is 0 Å². The zero-order valence-corrected chi connectivity index (χ0v) is 12.8. The Labute approximate surface area is 130 Å². The fraction of sp³-hybridized carbons (Fsp3) is 0.176. The van der Waals surface area contributed by atoms with Crippen molar-refractivity contribution in [3.8, 4) is 0 Å². The van der Waals surface area contributed by atoms with E-state index in [1.54, 1.807) is 19.1 Å². The van der Waals surface area contributed by atoms with E-state index in [1.165, 1.54) is 6.92 Å². The minimum Gasteiger partial charge on any atom is -0.471 e. The maximum absolute atomic E-state index is 13.3. The largest absolute Gasteiger partial charge is 0.471 e. The molecule has 0 bridgehead atoms. The van der Waals surface area contributed by atoms with Gasteiger partial charge in [-0.3, -0.25) is 0 Å². The van der Waals surface area contributed by atoms with Crippen molar-refractivity contribution in [2.75, 3.05) is 6.61 Å². The van der Waals surface area contributed by atoms with Crippen LogP contribution in [0.5, 0.6) is 0 Å². The number of nitrogens with zero attached hydrogens (tertiary/aromatic N) is 1. The molecule has 22 heavy (non-hydrogen) atoms. The molecule has 0 amide bonds. The first-order valence-corrected chi connectivity index (χ1v) is 6.73. The number of allylic oxidation sites excluding steroid dienone is 3. The number of nitrogens with two attached hydrogens (primary N) is 1. The number of aliphatic imine (C=N–C) groups is 1. The lowest BCUT2D eigenvalue weighted by atomic mass is 10.0. The molecule has 0 atom stereocenters. The van der Waals surface area contributed by atoms with Crippen molar-refractivity contribution >= 4 is 18.0 Å². The third-order valence-corrected chi connectivity index (χ3v) is 2.80. The summed E-state index contributed by atoms with van der Waals surface area (Å²) < 4.78 is 18.7. The SMILES string of the molecule is C=Cc1ccccc1C(=N)COC(=C\C)/N=C/C(F)=C(\C)N. The predicted molar refractivity (Wildman–Crippen MR) is 89.6 cm³/mol. The maximum atomic E-state index is 13.3. The van der Waals surface area contributed by atoms with Gasteiger partial charge in [0.1, 0.15) is 6.61 Å².